The number of hydrogen-bond acceptors (Lipinski definition) is 6. The van der Waals surface area contributed by atoms with Gasteiger partial charge in [-0.05, 0) is 26.0 Å². The summed E-state index contributed by atoms with van der Waals surface area (Å²) in [6.45, 7) is 1.70. The maximum atomic E-state index is 10.8. The Morgan fingerprint density at radius 1 is 1.68 bits per heavy atom. The number of nitrogens with zero attached hydrogens (tertiary/aromatic N) is 4. The van der Waals surface area contributed by atoms with Crippen LogP contribution in [0.15, 0.2) is 12.1 Å². The highest BCUT2D eigenvalue weighted by atomic mass is 16.6. The fraction of sp³-hybridized carbons (Fsp3) is 0.500. The molecule has 7 heteroatoms. The fourth-order valence-corrected chi connectivity index (χ4v) is 2.42. The lowest BCUT2D eigenvalue weighted by Gasteiger charge is -2.25. The molecular formula is C12H15N5O2. The molecule has 1 saturated heterocycles. The Bertz CT molecular complexity index is 525. The average molecular weight is 261 g/mol. The second kappa shape index (κ2) is 5.63. The molecule has 1 aromatic rings. The molecule has 7 nitrogen and oxygen atoms in total. The molecule has 0 bridgehead atoms. The summed E-state index contributed by atoms with van der Waals surface area (Å²) in [5.41, 5.74) is -0.367. The van der Waals surface area contributed by atoms with Gasteiger partial charge in [0.1, 0.15) is 11.9 Å². The van der Waals surface area contributed by atoms with Gasteiger partial charge in [0.15, 0.2) is 0 Å². The third-order valence-corrected chi connectivity index (χ3v) is 3.27. The molecule has 0 saturated carbocycles. The van der Waals surface area contributed by atoms with Gasteiger partial charge in [-0.3, -0.25) is 10.1 Å². The van der Waals surface area contributed by atoms with Crippen molar-refractivity contribution >= 4 is 11.5 Å². The molecule has 1 aliphatic heterocycles. The predicted molar refractivity (Wildman–Crippen MR) is 69.9 cm³/mol. The van der Waals surface area contributed by atoms with Crippen molar-refractivity contribution in [3.8, 4) is 6.07 Å². The SMILES string of the molecule is CNCC1CCCN1c1ccc([N+](=O)[O-])c(C#N)n1. The van der Waals surface area contributed by atoms with Crippen LogP contribution in [0.4, 0.5) is 11.5 Å². The molecule has 0 amide bonds. The number of anilines is 1. The molecule has 2 heterocycles. The van der Waals surface area contributed by atoms with Crippen molar-refractivity contribution in [1.82, 2.24) is 10.3 Å². The van der Waals surface area contributed by atoms with Crippen molar-refractivity contribution in [2.45, 2.75) is 18.9 Å². The molecule has 2 rings (SSSR count). The minimum absolute atomic E-state index is 0.127. The Kier molecular flexibility index (Phi) is 3.92. The van der Waals surface area contributed by atoms with E-state index in [4.69, 9.17) is 5.26 Å². The first-order valence-corrected chi connectivity index (χ1v) is 6.14. The molecule has 0 aromatic carbocycles. The molecule has 1 unspecified atom stereocenters. The van der Waals surface area contributed by atoms with E-state index in [1.807, 2.05) is 7.05 Å². The molecule has 100 valence electrons. The third-order valence-electron chi connectivity index (χ3n) is 3.27. The summed E-state index contributed by atoms with van der Waals surface area (Å²) in [6.07, 6.45) is 2.12. The van der Waals surface area contributed by atoms with Crippen LogP contribution in [-0.2, 0) is 0 Å². The van der Waals surface area contributed by atoms with Crippen molar-refractivity contribution in [2.75, 3.05) is 25.0 Å². The second-order valence-electron chi connectivity index (χ2n) is 4.45. The summed E-state index contributed by atoms with van der Waals surface area (Å²) in [5, 5.41) is 22.9. The quantitative estimate of drug-likeness (QED) is 0.643. The van der Waals surface area contributed by atoms with Crippen LogP contribution in [0, 0.1) is 21.4 Å². The van der Waals surface area contributed by atoms with Crippen LogP contribution < -0.4 is 10.2 Å². The summed E-state index contributed by atoms with van der Waals surface area (Å²) in [5.74, 6) is 0.639. The van der Waals surface area contributed by atoms with Gasteiger partial charge >= 0.3 is 5.69 Å². The van der Waals surface area contributed by atoms with E-state index in [0.29, 0.717) is 11.9 Å². The van der Waals surface area contributed by atoms with Crippen LogP contribution in [0.5, 0.6) is 0 Å². The Morgan fingerprint density at radius 3 is 3.11 bits per heavy atom. The van der Waals surface area contributed by atoms with E-state index >= 15 is 0 Å². The van der Waals surface area contributed by atoms with Gasteiger partial charge in [-0.25, -0.2) is 4.98 Å². The van der Waals surface area contributed by atoms with Gasteiger partial charge in [-0.1, -0.05) is 0 Å². The van der Waals surface area contributed by atoms with Crippen LogP contribution in [0.3, 0.4) is 0 Å². The molecule has 0 aliphatic carbocycles. The molecule has 1 fully saturated rings. The maximum Gasteiger partial charge on any atom is 0.305 e. The minimum atomic E-state index is -0.579. The monoisotopic (exact) mass is 261 g/mol. The first kappa shape index (κ1) is 13.2. The van der Waals surface area contributed by atoms with Gasteiger partial charge in [0, 0.05) is 25.2 Å². The Balaban J connectivity index is 2.31. The molecule has 19 heavy (non-hydrogen) atoms. The van der Waals surface area contributed by atoms with Gasteiger partial charge in [0.05, 0.1) is 4.92 Å². The number of aromatic nitrogens is 1. The Hall–Kier alpha value is -2.20. The lowest BCUT2D eigenvalue weighted by Crippen LogP contribution is -2.37. The maximum absolute atomic E-state index is 10.8. The molecule has 1 N–H and O–H groups in total. The predicted octanol–water partition coefficient (Wildman–Crippen LogP) is 1.05. The van der Waals surface area contributed by atoms with Crippen LogP contribution in [0.2, 0.25) is 0 Å². The van der Waals surface area contributed by atoms with Crippen molar-refractivity contribution in [3.05, 3.63) is 27.9 Å². The molecular weight excluding hydrogens is 246 g/mol. The minimum Gasteiger partial charge on any atom is -0.352 e. The average Bonchev–Trinajstić information content (AvgIpc) is 2.86. The molecule has 1 atom stereocenters. The van der Waals surface area contributed by atoms with Gasteiger partial charge in [-0.2, -0.15) is 5.26 Å². The molecule has 1 aromatic heterocycles. The summed E-state index contributed by atoms with van der Waals surface area (Å²) in [6, 6.07) is 5.09. The zero-order valence-electron chi connectivity index (χ0n) is 10.7. The molecule has 0 radical (unpaired) electrons. The summed E-state index contributed by atoms with van der Waals surface area (Å²) in [4.78, 5) is 16.4. The lowest BCUT2D eigenvalue weighted by molar-refractivity contribution is -0.385. The molecule has 1 aliphatic rings. The van der Waals surface area contributed by atoms with E-state index in [1.165, 1.54) is 6.07 Å². The highest BCUT2D eigenvalue weighted by Crippen LogP contribution is 2.26. The van der Waals surface area contributed by atoms with Gasteiger partial charge < -0.3 is 10.2 Å². The van der Waals surface area contributed by atoms with Gasteiger partial charge in [-0.15, -0.1) is 0 Å². The van der Waals surface area contributed by atoms with E-state index in [2.05, 4.69) is 15.2 Å². The normalized spacial score (nSPS) is 18.3. The lowest BCUT2D eigenvalue weighted by atomic mass is 10.2. The smallest absolute Gasteiger partial charge is 0.305 e. The van der Waals surface area contributed by atoms with E-state index in [0.717, 1.165) is 25.9 Å². The largest absolute Gasteiger partial charge is 0.352 e. The first-order chi connectivity index (χ1) is 9.17. The van der Waals surface area contributed by atoms with Crippen LogP contribution in [0.25, 0.3) is 0 Å². The van der Waals surface area contributed by atoms with Gasteiger partial charge in [0.2, 0.25) is 5.69 Å². The number of likely N-dealkylation sites (N-methyl/N-ethyl adjacent to an activating group) is 1. The van der Waals surface area contributed by atoms with Crippen LogP contribution >= 0.6 is 0 Å². The summed E-state index contributed by atoms with van der Waals surface area (Å²) >= 11 is 0. The number of pyridine rings is 1. The Labute approximate surface area is 111 Å². The van der Waals surface area contributed by atoms with Crippen molar-refractivity contribution in [2.24, 2.45) is 0 Å². The summed E-state index contributed by atoms with van der Waals surface area (Å²) < 4.78 is 0. The van der Waals surface area contributed by atoms with E-state index < -0.39 is 4.92 Å². The molecule has 0 spiro atoms. The number of nitro groups is 1. The van der Waals surface area contributed by atoms with Crippen molar-refractivity contribution in [3.63, 3.8) is 0 Å². The number of nitrogens with one attached hydrogen (secondary N) is 1. The Morgan fingerprint density at radius 2 is 2.47 bits per heavy atom. The zero-order chi connectivity index (χ0) is 13.8. The van der Waals surface area contributed by atoms with Crippen molar-refractivity contribution in [1.29, 1.82) is 5.26 Å². The first-order valence-electron chi connectivity index (χ1n) is 6.14. The topological polar surface area (TPSA) is 95.1 Å². The van der Waals surface area contributed by atoms with Gasteiger partial charge in [0.25, 0.3) is 0 Å². The standard InChI is InChI=1S/C12H15N5O2/c1-14-8-9-3-2-6-16(9)12-5-4-11(17(18)19)10(7-13)15-12/h4-5,9,14H,2-3,6,8H2,1H3. The highest BCUT2D eigenvalue weighted by molar-refractivity contribution is 5.52. The van der Waals surface area contributed by atoms with Crippen LogP contribution in [-0.4, -0.2) is 36.1 Å². The fourth-order valence-electron chi connectivity index (χ4n) is 2.42. The van der Waals surface area contributed by atoms with Crippen molar-refractivity contribution < 1.29 is 4.92 Å². The number of hydrogen-bond donors (Lipinski definition) is 1. The van der Waals surface area contributed by atoms with Crippen LogP contribution in [0.1, 0.15) is 18.5 Å². The number of nitriles is 1. The highest BCUT2D eigenvalue weighted by Gasteiger charge is 2.26. The second-order valence-corrected chi connectivity index (χ2v) is 4.45. The third kappa shape index (κ3) is 2.63. The zero-order valence-corrected chi connectivity index (χ0v) is 10.7. The summed E-state index contributed by atoms with van der Waals surface area (Å²) in [7, 11) is 1.89. The van der Waals surface area contributed by atoms with E-state index in [-0.39, 0.29) is 11.4 Å². The number of rotatable bonds is 4. The van der Waals surface area contributed by atoms with E-state index in [9.17, 15) is 10.1 Å². The van der Waals surface area contributed by atoms with E-state index in [1.54, 1.807) is 12.1 Å².